The van der Waals surface area contributed by atoms with Gasteiger partial charge in [0.05, 0.1) is 17.1 Å². The van der Waals surface area contributed by atoms with E-state index in [0.29, 0.717) is 0 Å². The van der Waals surface area contributed by atoms with Crippen LogP contribution in [-0.2, 0) is 0 Å². The highest BCUT2D eigenvalue weighted by Gasteiger charge is 2.45. The predicted molar refractivity (Wildman–Crippen MR) is 55.6 cm³/mol. The van der Waals surface area contributed by atoms with Crippen molar-refractivity contribution in [3.8, 4) is 6.07 Å². The fraction of sp³-hybridized carbons (Fsp3) is 0.909. The Bertz CT molecular complexity index is 234. The number of rotatable bonds is 2. The van der Waals surface area contributed by atoms with Crippen LogP contribution in [0.25, 0.3) is 0 Å². The molecule has 1 aliphatic heterocycles. The summed E-state index contributed by atoms with van der Waals surface area (Å²) in [4.78, 5) is 0. The Balaban J connectivity index is 2.78. The number of hydrogen-bond donors (Lipinski definition) is 2. The van der Waals surface area contributed by atoms with Gasteiger partial charge in [0.25, 0.3) is 0 Å². The van der Waals surface area contributed by atoms with Crippen LogP contribution < -0.4 is 5.32 Å². The minimum absolute atomic E-state index is 0.235. The number of nitrogens with one attached hydrogen (secondary N) is 1. The monoisotopic (exact) mass is 196 g/mol. The van der Waals surface area contributed by atoms with Gasteiger partial charge in [0, 0.05) is 0 Å². The molecular weight excluding hydrogens is 176 g/mol. The average molecular weight is 196 g/mol. The molecule has 2 N–H and O–H groups in total. The first-order valence-corrected chi connectivity index (χ1v) is 5.26. The summed E-state index contributed by atoms with van der Waals surface area (Å²) in [5.41, 5.74) is -1.56. The van der Waals surface area contributed by atoms with Crippen LogP contribution >= 0.6 is 0 Å². The normalized spacial score (nSPS) is 23.9. The van der Waals surface area contributed by atoms with Crippen molar-refractivity contribution in [1.29, 1.82) is 5.26 Å². The Kier molecular flexibility index (Phi) is 3.18. The van der Waals surface area contributed by atoms with Crippen molar-refractivity contribution in [2.24, 2.45) is 11.3 Å². The maximum Gasteiger partial charge on any atom is 0.0828 e. The van der Waals surface area contributed by atoms with Crippen LogP contribution in [0, 0.1) is 22.7 Å². The summed E-state index contributed by atoms with van der Waals surface area (Å²) in [6.07, 6.45) is 1.91. The molecule has 0 aromatic carbocycles. The molecular formula is C11H20N2O. The number of aliphatic hydroxyl groups is 1. The Morgan fingerprint density at radius 3 is 2.21 bits per heavy atom. The van der Waals surface area contributed by atoms with Gasteiger partial charge in [0.15, 0.2) is 0 Å². The third-order valence-corrected chi connectivity index (χ3v) is 3.68. The first-order valence-electron chi connectivity index (χ1n) is 5.26. The number of nitriles is 1. The molecule has 0 aromatic heterocycles. The SMILES string of the molecule is CC(C)(C#N)C(C)(O)C1CCNCC1. The molecule has 80 valence electrons. The second-order valence-corrected chi connectivity index (χ2v) is 4.91. The molecule has 0 aromatic rings. The van der Waals surface area contributed by atoms with E-state index < -0.39 is 11.0 Å². The topological polar surface area (TPSA) is 56.0 Å². The average Bonchev–Trinajstić information content (AvgIpc) is 2.19. The van der Waals surface area contributed by atoms with Crippen LogP contribution in [0.1, 0.15) is 33.6 Å². The molecule has 14 heavy (non-hydrogen) atoms. The number of nitrogens with zero attached hydrogens (tertiary/aromatic N) is 1. The van der Waals surface area contributed by atoms with Gasteiger partial charge >= 0.3 is 0 Å². The molecule has 1 fully saturated rings. The largest absolute Gasteiger partial charge is 0.388 e. The van der Waals surface area contributed by atoms with Gasteiger partial charge in [0.1, 0.15) is 0 Å². The zero-order valence-electron chi connectivity index (χ0n) is 9.30. The van der Waals surface area contributed by atoms with Crippen molar-refractivity contribution in [3.05, 3.63) is 0 Å². The van der Waals surface area contributed by atoms with E-state index in [1.165, 1.54) is 0 Å². The van der Waals surface area contributed by atoms with Gasteiger partial charge in [-0.25, -0.2) is 0 Å². The van der Waals surface area contributed by atoms with E-state index in [1.54, 1.807) is 6.92 Å². The summed E-state index contributed by atoms with van der Waals surface area (Å²) in [6.45, 7) is 7.32. The molecule has 1 aliphatic rings. The van der Waals surface area contributed by atoms with E-state index in [1.807, 2.05) is 13.8 Å². The molecule has 0 bridgehead atoms. The van der Waals surface area contributed by atoms with Gasteiger partial charge < -0.3 is 10.4 Å². The second kappa shape index (κ2) is 3.88. The Morgan fingerprint density at radius 1 is 1.29 bits per heavy atom. The lowest BCUT2D eigenvalue weighted by Gasteiger charge is -2.43. The lowest BCUT2D eigenvalue weighted by atomic mass is 9.67. The van der Waals surface area contributed by atoms with Gasteiger partial charge in [-0.1, -0.05) is 0 Å². The van der Waals surface area contributed by atoms with Crippen LogP contribution in [0.15, 0.2) is 0 Å². The molecule has 1 unspecified atom stereocenters. The molecule has 0 saturated carbocycles. The molecule has 1 heterocycles. The van der Waals surface area contributed by atoms with Crippen molar-refractivity contribution in [3.63, 3.8) is 0 Å². The van der Waals surface area contributed by atoms with Crippen molar-refractivity contribution in [1.82, 2.24) is 5.32 Å². The first kappa shape index (κ1) is 11.5. The first-order chi connectivity index (χ1) is 6.42. The minimum Gasteiger partial charge on any atom is -0.388 e. The van der Waals surface area contributed by atoms with Gasteiger partial charge in [-0.15, -0.1) is 0 Å². The maximum atomic E-state index is 10.4. The van der Waals surface area contributed by atoms with Crippen LogP contribution in [0.4, 0.5) is 0 Å². The van der Waals surface area contributed by atoms with Crippen molar-refractivity contribution >= 4 is 0 Å². The molecule has 0 aliphatic carbocycles. The summed E-state index contributed by atoms with van der Waals surface area (Å²) < 4.78 is 0. The van der Waals surface area contributed by atoms with Crippen molar-refractivity contribution < 1.29 is 5.11 Å². The Labute approximate surface area is 86.1 Å². The molecule has 1 atom stereocenters. The van der Waals surface area contributed by atoms with E-state index in [0.717, 1.165) is 25.9 Å². The zero-order valence-corrected chi connectivity index (χ0v) is 9.30. The second-order valence-electron chi connectivity index (χ2n) is 4.91. The molecule has 0 amide bonds. The number of piperidine rings is 1. The Hall–Kier alpha value is -0.590. The van der Waals surface area contributed by atoms with E-state index >= 15 is 0 Å². The maximum absolute atomic E-state index is 10.4. The summed E-state index contributed by atoms with van der Waals surface area (Å²) in [5.74, 6) is 0.235. The molecule has 0 spiro atoms. The van der Waals surface area contributed by atoms with Crippen LogP contribution in [-0.4, -0.2) is 23.8 Å². The Morgan fingerprint density at radius 2 is 1.79 bits per heavy atom. The molecule has 3 heteroatoms. The minimum atomic E-state index is -0.885. The standard InChI is InChI=1S/C11H20N2O/c1-10(2,8-12)11(3,14)9-4-6-13-7-5-9/h9,13-14H,4-7H2,1-3H3. The van der Waals surface area contributed by atoms with Gasteiger partial charge in [0.2, 0.25) is 0 Å². The van der Waals surface area contributed by atoms with E-state index in [9.17, 15) is 5.11 Å². The summed E-state index contributed by atoms with van der Waals surface area (Å²) in [5, 5.41) is 22.7. The third-order valence-electron chi connectivity index (χ3n) is 3.68. The summed E-state index contributed by atoms with van der Waals surface area (Å²) in [6, 6.07) is 2.21. The summed E-state index contributed by atoms with van der Waals surface area (Å²) in [7, 11) is 0. The quantitative estimate of drug-likeness (QED) is 0.699. The van der Waals surface area contributed by atoms with Crippen molar-refractivity contribution in [2.75, 3.05) is 13.1 Å². The lowest BCUT2D eigenvalue weighted by Crippen LogP contribution is -2.50. The third kappa shape index (κ3) is 1.92. The smallest absolute Gasteiger partial charge is 0.0828 e. The fourth-order valence-corrected chi connectivity index (χ4v) is 2.01. The number of hydrogen-bond acceptors (Lipinski definition) is 3. The van der Waals surface area contributed by atoms with Crippen molar-refractivity contribution in [2.45, 2.75) is 39.2 Å². The van der Waals surface area contributed by atoms with Gasteiger partial charge in [-0.3, -0.25) is 0 Å². The molecule has 1 rings (SSSR count). The summed E-state index contributed by atoms with van der Waals surface area (Å²) >= 11 is 0. The molecule has 0 radical (unpaired) electrons. The lowest BCUT2D eigenvalue weighted by molar-refractivity contribution is -0.0808. The van der Waals surface area contributed by atoms with E-state index in [2.05, 4.69) is 11.4 Å². The van der Waals surface area contributed by atoms with Crippen LogP contribution in [0.2, 0.25) is 0 Å². The van der Waals surface area contributed by atoms with Crippen LogP contribution in [0.3, 0.4) is 0 Å². The highest BCUT2D eigenvalue weighted by Crippen LogP contribution is 2.39. The highest BCUT2D eigenvalue weighted by atomic mass is 16.3. The molecule has 3 nitrogen and oxygen atoms in total. The van der Waals surface area contributed by atoms with E-state index in [-0.39, 0.29) is 5.92 Å². The van der Waals surface area contributed by atoms with Gasteiger partial charge in [-0.05, 0) is 52.6 Å². The zero-order chi connectivity index (χ0) is 10.8. The fourth-order valence-electron chi connectivity index (χ4n) is 2.01. The van der Waals surface area contributed by atoms with E-state index in [4.69, 9.17) is 5.26 Å². The highest BCUT2D eigenvalue weighted by molar-refractivity contribution is 5.07. The van der Waals surface area contributed by atoms with Gasteiger partial charge in [-0.2, -0.15) is 5.26 Å². The molecule has 1 saturated heterocycles. The van der Waals surface area contributed by atoms with Crippen LogP contribution in [0.5, 0.6) is 0 Å². The predicted octanol–water partition coefficient (Wildman–Crippen LogP) is 1.29.